The quantitative estimate of drug-likeness (QED) is 0.329. The molecule has 0 spiro atoms. The molecule has 1 heterocycles. The lowest BCUT2D eigenvalue weighted by Crippen LogP contribution is -2.63. The van der Waals surface area contributed by atoms with Gasteiger partial charge in [0.15, 0.2) is 5.11 Å². The van der Waals surface area contributed by atoms with Gasteiger partial charge >= 0.3 is 0 Å². The van der Waals surface area contributed by atoms with Gasteiger partial charge in [-0.3, -0.25) is 4.90 Å². The van der Waals surface area contributed by atoms with Crippen LogP contribution in [0.4, 0.5) is 22.7 Å². The number of anilines is 4. The van der Waals surface area contributed by atoms with E-state index in [-0.39, 0.29) is 5.54 Å². The molecule has 180 valence electrons. The van der Waals surface area contributed by atoms with Crippen molar-refractivity contribution < 1.29 is 0 Å². The van der Waals surface area contributed by atoms with Crippen molar-refractivity contribution in [1.82, 2.24) is 4.90 Å². The minimum atomic E-state index is 0.0782. The summed E-state index contributed by atoms with van der Waals surface area (Å²) in [4.78, 5) is 11.4. The van der Waals surface area contributed by atoms with Crippen LogP contribution in [0.2, 0.25) is 0 Å². The van der Waals surface area contributed by atoms with Crippen LogP contribution in [0.5, 0.6) is 0 Å². The number of rotatable bonds is 9. The Balaban J connectivity index is 1.93. The highest BCUT2D eigenvalue weighted by atomic mass is 32.1. The average Bonchev–Trinajstić information content (AvgIpc) is 2.79. The average molecular weight is 468 g/mol. The summed E-state index contributed by atoms with van der Waals surface area (Å²) in [7, 11) is 8.28. The lowest BCUT2D eigenvalue weighted by molar-refractivity contribution is 0.109. The number of thiocarbonyl (C=S) groups is 1. The molecule has 5 nitrogen and oxygen atoms in total. The molecule has 0 atom stereocenters. The topological polar surface area (TPSA) is 16.2 Å². The molecule has 0 unspecified atom stereocenters. The molecule has 1 aliphatic rings. The van der Waals surface area contributed by atoms with Crippen molar-refractivity contribution in [3.8, 4) is 0 Å². The first kappa shape index (κ1) is 25.3. The summed E-state index contributed by atoms with van der Waals surface area (Å²) in [5.74, 6) is 0. The molecule has 0 bridgehead atoms. The van der Waals surface area contributed by atoms with Crippen LogP contribution in [0, 0.1) is 0 Å². The number of hydrogen-bond acceptors (Lipinski definition) is 4. The Kier molecular flexibility index (Phi) is 8.24. The first-order valence-electron chi connectivity index (χ1n) is 12.0. The molecule has 33 heavy (non-hydrogen) atoms. The molecule has 1 fully saturated rings. The first-order valence-corrected chi connectivity index (χ1v) is 12.4. The van der Waals surface area contributed by atoms with Crippen LogP contribution in [0.3, 0.4) is 0 Å². The largest absolute Gasteiger partial charge is 0.378 e. The Morgan fingerprint density at radius 1 is 0.758 bits per heavy atom. The molecule has 0 amide bonds. The maximum absolute atomic E-state index is 6.07. The number of hydrogen-bond donors (Lipinski definition) is 0. The van der Waals surface area contributed by atoms with Gasteiger partial charge in [0, 0.05) is 56.5 Å². The van der Waals surface area contributed by atoms with Crippen LogP contribution in [0.1, 0.15) is 46.5 Å². The van der Waals surface area contributed by atoms with Gasteiger partial charge in [0.2, 0.25) is 0 Å². The van der Waals surface area contributed by atoms with E-state index in [2.05, 4.69) is 122 Å². The van der Waals surface area contributed by atoms with Gasteiger partial charge in [-0.25, -0.2) is 0 Å². The molecule has 1 saturated heterocycles. The van der Waals surface area contributed by atoms with E-state index in [4.69, 9.17) is 12.2 Å². The zero-order valence-electron chi connectivity index (χ0n) is 21.5. The van der Waals surface area contributed by atoms with E-state index in [1.54, 1.807) is 0 Å². The first-order chi connectivity index (χ1) is 15.6. The predicted molar refractivity (Wildman–Crippen MR) is 149 cm³/mol. The van der Waals surface area contributed by atoms with Crippen LogP contribution in [-0.4, -0.2) is 57.1 Å². The van der Waals surface area contributed by atoms with E-state index >= 15 is 0 Å². The van der Waals surface area contributed by atoms with Gasteiger partial charge < -0.3 is 19.6 Å². The van der Waals surface area contributed by atoms with Gasteiger partial charge in [-0.1, -0.05) is 26.2 Å². The van der Waals surface area contributed by atoms with E-state index < -0.39 is 0 Å². The molecule has 0 radical (unpaired) electrons. The van der Waals surface area contributed by atoms with Crippen LogP contribution in [0.15, 0.2) is 48.5 Å². The van der Waals surface area contributed by atoms with E-state index in [0.29, 0.717) is 0 Å². The second-order valence-corrected chi connectivity index (χ2v) is 10.4. The molecular weight excluding hydrogens is 426 g/mol. The van der Waals surface area contributed by atoms with Crippen LogP contribution in [0.25, 0.3) is 0 Å². The van der Waals surface area contributed by atoms with Crippen molar-refractivity contribution in [3.05, 3.63) is 48.5 Å². The standard InChI is InChI=1S/C27H41N5S/c1-8-9-10-19-27(2,3)30-20-31(24-15-11-22(12-16-24)28(4)5)26(33)32(21-30)25-17-13-23(14-18-25)29(6)7/h11-18H,8-10,19-21H2,1-7H3. The zero-order chi connectivity index (χ0) is 24.2. The monoisotopic (exact) mass is 467 g/mol. The fourth-order valence-corrected chi connectivity index (χ4v) is 4.57. The normalized spacial score (nSPS) is 15.2. The Bertz CT molecular complexity index is 842. The van der Waals surface area contributed by atoms with E-state index in [0.717, 1.165) is 29.8 Å². The molecule has 3 rings (SSSR count). The van der Waals surface area contributed by atoms with Crippen molar-refractivity contribution >= 4 is 40.1 Å². The lowest BCUT2D eigenvalue weighted by Gasteiger charge is -2.50. The van der Waals surface area contributed by atoms with Crippen molar-refractivity contribution in [3.63, 3.8) is 0 Å². The summed E-state index contributed by atoms with van der Waals surface area (Å²) < 4.78 is 0. The Morgan fingerprint density at radius 2 is 1.18 bits per heavy atom. The van der Waals surface area contributed by atoms with Gasteiger partial charge in [0.05, 0.1) is 13.3 Å². The molecule has 0 aromatic heterocycles. The molecule has 0 saturated carbocycles. The second kappa shape index (κ2) is 10.7. The second-order valence-electron chi connectivity index (χ2n) is 10.1. The summed E-state index contributed by atoms with van der Waals surface area (Å²) >= 11 is 6.07. The Morgan fingerprint density at radius 3 is 1.55 bits per heavy atom. The SMILES string of the molecule is CCCCCC(C)(C)N1CN(c2ccc(N(C)C)cc2)C(=S)N(c2ccc(N(C)C)cc2)C1. The fraction of sp³-hybridized carbons (Fsp3) is 0.519. The minimum Gasteiger partial charge on any atom is -0.378 e. The van der Waals surface area contributed by atoms with Crippen molar-refractivity contribution in [1.29, 1.82) is 0 Å². The smallest absolute Gasteiger partial charge is 0.182 e. The number of benzene rings is 2. The summed E-state index contributed by atoms with van der Waals surface area (Å²) in [5, 5.41) is 0.853. The zero-order valence-corrected chi connectivity index (χ0v) is 22.3. The molecular formula is C27H41N5S. The van der Waals surface area contributed by atoms with Gasteiger partial charge in [0.25, 0.3) is 0 Å². The summed E-state index contributed by atoms with van der Waals surface area (Å²) in [6.07, 6.45) is 4.95. The van der Waals surface area contributed by atoms with Gasteiger partial charge in [-0.05, 0) is 81.0 Å². The summed E-state index contributed by atoms with van der Waals surface area (Å²) in [6, 6.07) is 17.4. The van der Waals surface area contributed by atoms with Crippen molar-refractivity contribution in [2.45, 2.75) is 52.0 Å². The van der Waals surface area contributed by atoms with Crippen molar-refractivity contribution in [2.75, 3.05) is 61.1 Å². The Hall–Kier alpha value is -2.31. The molecule has 0 aliphatic carbocycles. The maximum atomic E-state index is 6.07. The van der Waals surface area contributed by atoms with Gasteiger partial charge in [0.1, 0.15) is 0 Å². The summed E-state index contributed by atoms with van der Waals surface area (Å²) in [6.45, 7) is 8.61. The highest BCUT2D eigenvalue weighted by Crippen LogP contribution is 2.32. The highest BCUT2D eigenvalue weighted by Gasteiger charge is 2.36. The minimum absolute atomic E-state index is 0.0782. The third kappa shape index (κ3) is 5.98. The fourth-order valence-electron chi connectivity index (χ4n) is 4.25. The summed E-state index contributed by atoms with van der Waals surface area (Å²) in [5.41, 5.74) is 4.72. The highest BCUT2D eigenvalue weighted by molar-refractivity contribution is 7.80. The number of nitrogens with zero attached hydrogens (tertiary/aromatic N) is 5. The lowest BCUT2D eigenvalue weighted by atomic mass is 9.94. The van der Waals surface area contributed by atoms with E-state index in [1.807, 2.05) is 0 Å². The molecule has 0 N–H and O–H groups in total. The van der Waals surface area contributed by atoms with Gasteiger partial charge in [-0.2, -0.15) is 0 Å². The van der Waals surface area contributed by atoms with E-state index in [9.17, 15) is 0 Å². The third-order valence-electron chi connectivity index (χ3n) is 6.69. The maximum Gasteiger partial charge on any atom is 0.182 e. The Labute approximate surface area is 206 Å². The third-order valence-corrected chi connectivity index (χ3v) is 7.13. The van der Waals surface area contributed by atoms with Gasteiger partial charge in [-0.15, -0.1) is 0 Å². The molecule has 2 aromatic carbocycles. The van der Waals surface area contributed by atoms with Crippen LogP contribution >= 0.6 is 12.2 Å². The molecule has 2 aromatic rings. The predicted octanol–water partition coefficient (Wildman–Crippen LogP) is 6.01. The van der Waals surface area contributed by atoms with E-state index in [1.165, 1.54) is 37.1 Å². The molecule has 1 aliphatic heterocycles. The van der Waals surface area contributed by atoms with Crippen LogP contribution < -0.4 is 19.6 Å². The number of unbranched alkanes of at least 4 members (excludes halogenated alkanes) is 2. The molecule has 6 heteroatoms. The van der Waals surface area contributed by atoms with Crippen LogP contribution in [-0.2, 0) is 0 Å². The van der Waals surface area contributed by atoms with Crippen molar-refractivity contribution in [2.24, 2.45) is 0 Å².